The number of anilines is 1. The Balaban J connectivity index is 2.60. The van der Waals surface area contributed by atoms with Crippen molar-refractivity contribution in [2.75, 3.05) is 5.43 Å². The standard InChI is InChI=1S/C12H12Cl2N4/c1-6-7(2)16-12(17-11(6)18-15)9-4-3-8(13)5-10(9)14/h3-5H,15H2,1-2H3,(H,16,17,18). The van der Waals surface area contributed by atoms with Crippen LogP contribution in [0.2, 0.25) is 10.0 Å². The summed E-state index contributed by atoms with van der Waals surface area (Å²) in [5.74, 6) is 6.54. The molecule has 0 atom stereocenters. The lowest BCUT2D eigenvalue weighted by Gasteiger charge is -2.10. The molecular formula is C12H12Cl2N4. The fraction of sp³-hybridized carbons (Fsp3) is 0.167. The Morgan fingerprint density at radius 1 is 1.17 bits per heavy atom. The third-order valence-corrected chi connectivity index (χ3v) is 3.25. The number of hydrogen-bond acceptors (Lipinski definition) is 4. The first kappa shape index (κ1) is 13.1. The molecule has 4 nitrogen and oxygen atoms in total. The maximum atomic E-state index is 6.14. The summed E-state index contributed by atoms with van der Waals surface area (Å²) in [6.07, 6.45) is 0. The van der Waals surface area contributed by atoms with E-state index in [-0.39, 0.29) is 0 Å². The van der Waals surface area contributed by atoms with Gasteiger partial charge >= 0.3 is 0 Å². The van der Waals surface area contributed by atoms with Gasteiger partial charge in [-0.05, 0) is 32.0 Å². The van der Waals surface area contributed by atoms with Crippen molar-refractivity contribution in [3.8, 4) is 11.4 Å². The van der Waals surface area contributed by atoms with Crippen LogP contribution in [0.25, 0.3) is 11.4 Å². The molecular weight excluding hydrogens is 271 g/mol. The van der Waals surface area contributed by atoms with Gasteiger partial charge in [-0.15, -0.1) is 0 Å². The maximum absolute atomic E-state index is 6.14. The molecule has 94 valence electrons. The summed E-state index contributed by atoms with van der Waals surface area (Å²) < 4.78 is 0. The minimum Gasteiger partial charge on any atom is -0.308 e. The summed E-state index contributed by atoms with van der Waals surface area (Å²) in [5, 5.41) is 1.08. The highest BCUT2D eigenvalue weighted by Crippen LogP contribution is 2.29. The second-order valence-electron chi connectivity index (χ2n) is 3.87. The van der Waals surface area contributed by atoms with Crippen molar-refractivity contribution >= 4 is 29.0 Å². The zero-order valence-corrected chi connectivity index (χ0v) is 11.5. The molecule has 1 aromatic heterocycles. The molecule has 6 heteroatoms. The molecule has 0 aliphatic carbocycles. The normalized spacial score (nSPS) is 10.5. The predicted octanol–water partition coefficient (Wildman–Crippen LogP) is 3.35. The minimum absolute atomic E-state index is 0.508. The molecule has 0 radical (unpaired) electrons. The zero-order valence-electron chi connectivity index (χ0n) is 9.96. The topological polar surface area (TPSA) is 63.8 Å². The van der Waals surface area contributed by atoms with Gasteiger partial charge in [-0.3, -0.25) is 0 Å². The molecule has 0 amide bonds. The molecule has 0 saturated heterocycles. The third-order valence-electron chi connectivity index (χ3n) is 2.70. The molecule has 1 heterocycles. The summed E-state index contributed by atoms with van der Waals surface area (Å²) in [6, 6.07) is 5.19. The van der Waals surface area contributed by atoms with Crippen molar-refractivity contribution < 1.29 is 0 Å². The van der Waals surface area contributed by atoms with Crippen molar-refractivity contribution in [3.63, 3.8) is 0 Å². The summed E-state index contributed by atoms with van der Waals surface area (Å²) in [6.45, 7) is 3.79. The molecule has 2 aromatic rings. The van der Waals surface area contributed by atoms with Crippen LogP contribution in [-0.2, 0) is 0 Å². The highest BCUT2D eigenvalue weighted by molar-refractivity contribution is 6.36. The Kier molecular flexibility index (Phi) is 3.71. The molecule has 0 bridgehead atoms. The number of hydrazine groups is 1. The van der Waals surface area contributed by atoms with Gasteiger partial charge in [-0.1, -0.05) is 23.2 Å². The van der Waals surface area contributed by atoms with E-state index in [0.717, 1.165) is 16.8 Å². The van der Waals surface area contributed by atoms with Gasteiger partial charge < -0.3 is 5.43 Å². The second-order valence-corrected chi connectivity index (χ2v) is 4.72. The summed E-state index contributed by atoms with van der Waals surface area (Å²) >= 11 is 12.0. The van der Waals surface area contributed by atoms with E-state index in [1.165, 1.54) is 0 Å². The van der Waals surface area contributed by atoms with Crippen molar-refractivity contribution in [2.45, 2.75) is 13.8 Å². The summed E-state index contributed by atoms with van der Waals surface area (Å²) in [4.78, 5) is 8.75. The summed E-state index contributed by atoms with van der Waals surface area (Å²) in [5.41, 5.74) is 5.03. The fourth-order valence-electron chi connectivity index (χ4n) is 1.56. The molecule has 0 fully saturated rings. The van der Waals surface area contributed by atoms with Gasteiger partial charge in [0, 0.05) is 21.8 Å². The molecule has 1 aromatic carbocycles. The summed E-state index contributed by atoms with van der Waals surface area (Å²) in [7, 11) is 0. The van der Waals surface area contributed by atoms with E-state index in [1.807, 2.05) is 13.8 Å². The van der Waals surface area contributed by atoms with Crippen LogP contribution in [0.4, 0.5) is 5.82 Å². The van der Waals surface area contributed by atoms with E-state index >= 15 is 0 Å². The third kappa shape index (κ3) is 2.41. The number of nitrogens with one attached hydrogen (secondary N) is 1. The van der Waals surface area contributed by atoms with Gasteiger partial charge in [0.2, 0.25) is 0 Å². The van der Waals surface area contributed by atoms with Gasteiger partial charge in [-0.25, -0.2) is 15.8 Å². The van der Waals surface area contributed by atoms with Crippen LogP contribution in [0.3, 0.4) is 0 Å². The van der Waals surface area contributed by atoms with E-state index in [0.29, 0.717) is 21.7 Å². The number of benzene rings is 1. The first-order valence-corrected chi connectivity index (χ1v) is 6.06. The van der Waals surface area contributed by atoms with Crippen LogP contribution >= 0.6 is 23.2 Å². The molecule has 3 N–H and O–H groups in total. The second kappa shape index (κ2) is 5.10. The molecule has 0 aliphatic heterocycles. The van der Waals surface area contributed by atoms with Crippen LogP contribution in [-0.4, -0.2) is 9.97 Å². The SMILES string of the molecule is Cc1nc(-c2ccc(Cl)cc2Cl)nc(NN)c1C. The molecule has 0 aliphatic rings. The first-order valence-electron chi connectivity index (χ1n) is 5.30. The van der Waals surface area contributed by atoms with Crippen molar-refractivity contribution in [1.82, 2.24) is 9.97 Å². The lowest BCUT2D eigenvalue weighted by Crippen LogP contribution is -2.12. The van der Waals surface area contributed by atoms with Gasteiger partial charge in [-0.2, -0.15) is 0 Å². The van der Waals surface area contributed by atoms with E-state index in [9.17, 15) is 0 Å². The number of nitrogens with two attached hydrogens (primary N) is 1. The Labute approximate surface area is 115 Å². The van der Waals surface area contributed by atoms with Crippen molar-refractivity contribution in [3.05, 3.63) is 39.5 Å². The predicted molar refractivity (Wildman–Crippen MR) is 74.8 cm³/mol. The van der Waals surface area contributed by atoms with E-state index in [1.54, 1.807) is 18.2 Å². The fourth-order valence-corrected chi connectivity index (χ4v) is 2.05. The number of halogens is 2. The van der Waals surface area contributed by atoms with Gasteiger partial charge in [0.25, 0.3) is 0 Å². The Morgan fingerprint density at radius 3 is 2.50 bits per heavy atom. The van der Waals surface area contributed by atoms with Gasteiger partial charge in [0.1, 0.15) is 5.82 Å². The minimum atomic E-state index is 0.508. The van der Waals surface area contributed by atoms with E-state index < -0.39 is 0 Å². The molecule has 0 saturated carbocycles. The average Bonchev–Trinajstić information content (AvgIpc) is 2.32. The Morgan fingerprint density at radius 2 is 1.89 bits per heavy atom. The molecule has 0 unspecified atom stereocenters. The largest absolute Gasteiger partial charge is 0.308 e. The highest BCUT2D eigenvalue weighted by atomic mass is 35.5. The Bertz CT molecular complexity index is 599. The number of rotatable bonds is 2. The molecule has 2 rings (SSSR count). The number of nitrogen functional groups attached to an aromatic ring is 1. The van der Waals surface area contributed by atoms with Crippen LogP contribution < -0.4 is 11.3 Å². The molecule has 0 spiro atoms. The lowest BCUT2D eigenvalue weighted by molar-refractivity contribution is 1.06. The van der Waals surface area contributed by atoms with Crippen molar-refractivity contribution in [2.24, 2.45) is 5.84 Å². The molecule has 18 heavy (non-hydrogen) atoms. The zero-order chi connectivity index (χ0) is 13.3. The maximum Gasteiger partial charge on any atom is 0.163 e. The average molecular weight is 283 g/mol. The monoisotopic (exact) mass is 282 g/mol. The van der Waals surface area contributed by atoms with Crippen LogP contribution in [0, 0.1) is 13.8 Å². The number of nitrogens with zero attached hydrogens (tertiary/aromatic N) is 2. The number of hydrogen-bond donors (Lipinski definition) is 2. The van der Waals surface area contributed by atoms with Gasteiger partial charge in [0.15, 0.2) is 5.82 Å². The quantitative estimate of drug-likeness (QED) is 0.655. The first-order chi connectivity index (χ1) is 8.52. The highest BCUT2D eigenvalue weighted by Gasteiger charge is 2.11. The number of aryl methyl sites for hydroxylation is 1. The smallest absolute Gasteiger partial charge is 0.163 e. The number of aromatic nitrogens is 2. The van der Waals surface area contributed by atoms with Crippen molar-refractivity contribution in [1.29, 1.82) is 0 Å². The van der Waals surface area contributed by atoms with Crippen LogP contribution in [0.15, 0.2) is 18.2 Å². The van der Waals surface area contributed by atoms with Crippen LogP contribution in [0.5, 0.6) is 0 Å². The Hall–Kier alpha value is -1.36. The van der Waals surface area contributed by atoms with E-state index in [4.69, 9.17) is 29.0 Å². The van der Waals surface area contributed by atoms with Gasteiger partial charge in [0.05, 0.1) is 5.02 Å². The lowest BCUT2D eigenvalue weighted by atomic mass is 10.2. The van der Waals surface area contributed by atoms with E-state index in [2.05, 4.69) is 15.4 Å². The van der Waals surface area contributed by atoms with Crippen LogP contribution in [0.1, 0.15) is 11.3 Å².